The minimum Gasteiger partial charge on any atom is -0.393 e. The lowest BCUT2D eigenvalue weighted by Crippen LogP contribution is -2.41. The molecule has 0 aliphatic carbocycles. The van der Waals surface area contributed by atoms with Gasteiger partial charge in [-0.2, -0.15) is 4.91 Å². The maximum atomic E-state index is 12.0. The number of hydrogen-bond acceptors (Lipinski definition) is 7. The summed E-state index contributed by atoms with van der Waals surface area (Å²) < 4.78 is 6.49. The molecule has 1 fully saturated rings. The second kappa shape index (κ2) is 5.68. The van der Waals surface area contributed by atoms with E-state index in [-0.39, 0.29) is 11.1 Å². The fourth-order valence-corrected chi connectivity index (χ4v) is 2.16. The third-order valence-corrected chi connectivity index (χ3v) is 3.25. The first-order valence-electron chi connectivity index (χ1n) is 5.95. The number of ether oxygens (including phenoxy) is 1. The molecule has 2 rings (SSSR count). The molecule has 2 heterocycles. The van der Waals surface area contributed by atoms with E-state index in [0.29, 0.717) is 0 Å². The number of nitrogens with zero attached hydrogens (tertiary/aromatic N) is 5. The van der Waals surface area contributed by atoms with Crippen molar-refractivity contribution < 1.29 is 20.1 Å². The van der Waals surface area contributed by atoms with Crippen molar-refractivity contribution in [3.63, 3.8) is 0 Å². The Balaban J connectivity index is 2.49. The van der Waals surface area contributed by atoms with Gasteiger partial charge in [0.25, 0.3) is 0 Å². The Morgan fingerprint density at radius 1 is 1.48 bits per heavy atom. The zero-order valence-electron chi connectivity index (χ0n) is 10.7. The zero-order chi connectivity index (χ0) is 15.6. The SMILES string of the molecule is [N-]=[N+]=Nn1c(=O)ccn([C@H]2OC(CO)(CO)CC2O)c1=O. The van der Waals surface area contributed by atoms with Gasteiger partial charge >= 0.3 is 11.2 Å². The van der Waals surface area contributed by atoms with Crippen LogP contribution in [0.25, 0.3) is 10.4 Å². The van der Waals surface area contributed by atoms with Crippen molar-refractivity contribution in [2.24, 2.45) is 5.22 Å². The fourth-order valence-electron chi connectivity index (χ4n) is 2.16. The fraction of sp³-hybridized carbons (Fsp3) is 0.600. The molecule has 11 nitrogen and oxygen atoms in total. The number of rotatable bonds is 4. The summed E-state index contributed by atoms with van der Waals surface area (Å²) in [5, 5.41) is 31.4. The number of aliphatic hydroxyl groups is 3. The number of aromatic nitrogens is 2. The summed E-state index contributed by atoms with van der Waals surface area (Å²) in [5.41, 5.74) is 5.11. The minimum absolute atomic E-state index is 0.0995. The van der Waals surface area contributed by atoms with Crippen LogP contribution < -0.4 is 11.2 Å². The Hall–Kier alpha value is -2.17. The van der Waals surface area contributed by atoms with Crippen LogP contribution in [0.5, 0.6) is 0 Å². The maximum absolute atomic E-state index is 12.0. The highest BCUT2D eigenvalue weighted by atomic mass is 16.6. The van der Waals surface area contributed by atoms with E-state index in [1.165, 1.54) is 0 Å². The Labute approximate surface area is 116 Å². The third kappa shape index (κ3) is 2.55. The molecule has 0 aromatic carbocycles. The van der Waals surface area contributed by atoms with Crippen molar-refractivity contribution in [2.45, 2.75) is 24.4 Å². The largest absolute Gasteiger partial charge is 0.428 e. The molecule has 1 aromatic rings. The molecule has 11 heteroatoms. The summed E-state index contributed by atoms with van der Waals surface area (Å²) in [5.74, 6) is 0. The van der Waals surface area contributed by atoms with Crippen molar-refractivity contribution in [3.8, 4) is 0 Å². The summed E-state index contributed by atoms with van der Waals surface area (Å²) in [6.07, 6.45) is -1.44. The van der Waals surface area contributed by atoms with Gasteiger partial charge < -0.3 is 20.1 Å². The molecule has 21 heavy (non-hydrogen) atoms. The van der Waals surface area contributed by atoms with Crippen molar-refractivity contribution in [3.05, 3.63) is 43.5 Å². The van der Waals surface area contributed by atoms with Crippen molar-refractivity contribution in [1.29, 1.82) is 0 Å². The highest BCUT2D eigenvalue weighted by Gasteiger charge is 2.47. The average Bonchev–Trinajstić information content (AvgIpc) is 2.81. The molecule has 114 valence electrons. The molecule has 3 N–H and O–H groups in total. The summed E-state index contributed by atoms with van der Waals surface area (Å²) in [6, 6.07) is 0.962. The first-order chi connectivity index (χ1) is 9.98. The highest BCUT2D eigenvalue weighted by molar-refractivity contribution is 4.96. The molecule has 0 saturated carbocycles. The van der Waals surface area contributed by atoms with E-state index in [2.05, 4.69) is 10.1 Å². The van der Waals surface area contributed by atoms with E-state index in [9.17, 15) is 24.9 Å². The molecule has 2 atom stereocenters. The van der Waals surface area contributed by atoms with E-state index in [4.69, 9.17) is 10.3 Å². The molecule has 0 bridgehead atoms. The monoisotopic (exact) mass is 299 g/mol. The summed E-state index contributed by atoms with van der Waals surface area (Å²) in [6.45, 7) is -1.11. The van der Waals surface area contributed by atoms with Gasteiger partial charge in [-0.3, -0.25) is 4.57 Å². The van der Waals surface area contributed by atoms with Crippen LogP contribution in [0, 0.1) is 0 Å². The first-order valence-corrected chi connectivity index (χ1v) is 5.95. The van der Waals surface area contributed by atoms with Gasteiger partial charge in [-0.05, 0) is 5.22 Å². The predicted molar refractivity (Wildman–Crippen MR) is 67.2 cm³/mol. The molecular formula is C10H13N5O6. The number of azide groups is 1. The first kappa shape index (κ1) is 15.2. The lowest BCUT2D eigenvalue weighted by atomic mass is 10.0. The van der Waals surface area contributed by atoms with Gasteiger partial charge in [-0.25, -0.2) is 9.59 Å². The van der Waals surface area contributed by atoms with E-state index in [1.54, 1.807) is 0 Å². The predicted octanol–water partition coefficient (Wildman–Crippen LogP) is -1.91. The number of aliphatic hydroxyl groups excluding tert-OH is 3. The van der Waals surface area contributed by atoms with E-state index < -0.39 is 42.4 Å². The van der Waals surface area contributed by atoms with Gasteiger partial charge in [0.15, 0.2) is 6.23 Å². The van der Waals surface area contributed by atoms with Crippen LogP contribution in [0.1, 0.15) is 12.6 Å². The van der Waals surface area contributed by atoms with Gasteiger partial charge in [0.05, 0.1) is 13.2 Å². The van der Waals surface area contributed by atoms with Gasteiger partial charge in [0, 0.05) is 18.7 Å². The van der Waals surface area contributed by atoms with Crippen LogP contribution in [0.15, 0.2) is 27.1 Å². The van der Waals surface area contributed by atoms with Crippen LogP contribution in [-0.2, 0) is 4.74 Å². The molecule has 1 aromatic heterocycles. The second-order valence-electron chi connectivity index (χ2n) is 4.61. The van der Waals surface area contributed by atoms with E-state index in [1.807, 2.05) is 0 Å². The Bertz CT molecular complexity index is 686. The summed E-state index contributed by atoms with van der Waals surface area (Å²) in [4.78, 5) is 25.8. The topological polar surface area (TPSA) is 163 Å². The van der Waals surface area contributed by atoms with Crippen molar-refractivity contribution in [1.82, 2.24) is 9.24 Å². The minimum atomic E-state index is -1.39. The smallest absolute Gasteiger partial charge is 0.393 e. The molecule has 1 saturated heterocycles. The standard InChI is InChI=1S/C10H13N5O6/c11-12-13-15-7(19)1-2-14(9(15)20)8-6(18)3-10(4-16,5-17)21-8/h1-2,6,8,16-18H,3-5H2/t6?,8-/m0/s1. The van der Waals surface area contributed by atoms with E-state index >= 15 is 0 Å². The Morgan fingerprint density at radius 3 is 2.67 bits per heavy atom. The maximum Gasteiger partial charge on any atom is 0.428 e. The molecule has 0 amide bonds. The van der Waals surface area contributed by atoms with Crippen molar-refractivity contribution in [2.75, 3.05) is 13.2 Å². The van der Waals surface area contributed by atoms with Gasteiger partial charge in [0.1, 0.15) is 11.7 Å². The van der Waals surface area contributed by atoms with Gasteiger partial charge in [-0.1, -0.05) is 4.68 Å². The average molecular weight is 299 g/mol. The highest BCUT2D eigenvalue weighted by Crippen LogP contribution is 2.35. The van der Waals surface area contributed by atoms with Gasteiger partial charge in [0.2, 0.25) is 0 Å². The normalized spacial score (nSPS) is 23.8. The lowest BCUT2D eigenvalue weighted by Gasteiger charge is -2.24. The molecule has 1 aliphatic rings. The third-order valence-electron chi connectivity index (χ3n) is 3.25. The van der Waals surface area contributed by atoms with Crippen LogP contribution in [0.4, 0.5) is 0 Å². The zero-order valence-corrected chi connectivity index (χ0v) is 10.7. The van der Waals surface area contributed by atoms with Crippen LogP contribution >= 0.6 is 0 Å². The Morgan fingerprint density at radius 2 is 2.14 bits per heavy atom. The second-order valence-corrected chi connectivity index (χ2v) is 4.61. The molecule has 0 radical (unpaired) electrons. The van der Waals surface area contributed by atoms with Crippen molar-refractivity contribution >= 4 is 0 Å². The van der Waals surface area contributed by atoms with E-state index in [0.717, 1.165) is 16.8 Å². The molecule has 1 unspecified atom stereocenters. The molecule has 0 spiro atoms. The molecular weight excluding hydrogens is 286 g/mol. The van der Waals surface area contributed by atoms with Crippen LogP contribution in [-0.4, -0.2) is 49.5 Å². The van der Waals surface area contributed by atoms with Crippen LogP contribution in [0.2, 0.25) is 0 Å². The quantitative estimate of drug-likeness (QED) is 0.333. The lowest BCUT2D eigenvalue weighted by molar-refractivity contribution is -0.130. The van der Waals surface area contributed by atoms with Crippen LogP contribution in [0.3, 0.4) is 0 Å². The Kier molecular flexibility index (Phi) is 4.11. The summed E-state index contributed by atoms with van der Waals surface area (Å²) >= 11 is 0. The summed E-state index contributed by atoms with van der Waals surface area (Å²) in [7, 11) is 0. The molecule has 1 aliphatic heterocycles. The number of hydrogen-bond donors (Lipinski definition) is 3. The van der Waals surface area contributed by atoms with Gasteiger partial charge in [-0.15, -0.1) is 5.53 Å².